The van der Waals surface area contributed by atoms with Crippen LogP contribution >= 0.6 is 0 Å². The van der Waals surface area contributed by atoms with E-state index in [9.17, 15) is 13.2 Å². The van der Waals surface area contributed by atoms with E-state index in [1.165, 1.54) is 10.5 Å². The Kier molecular flexibility index (Phi) is 4.67. The number of carbonyl (C=O) groups excluding carboxylic acids is 1. The Bertz CT molecular complexity index is 601. The summed E-state index contributed by atoms with van der Waals surface area (Å²) >= 11 is 0. The number of carbonyl (C=O) groups is 1. The molecule has 1 aliphatic rings. The number of hydrogen-bond acceptors (Lipinski definition) is 4. The smallest absolute Gasteiger partial charge is 0.246 e. The minimum atomic E-state index is -3.49. The highest BCUT2D eigenvalue weighted by atomic mass is 32.2. The summed E-state index contributed by atoms with van der Waals surface area (Å²) in [6, 6.07) is 0.0526. The maximum atomic E-state index is 12.5. The van der Waals surface area contributed by atoms with Crippen molar-refractivity contribution in [3.8, 4) is 0 Å². The van der Waals surface area contributed by atoms with Crippen LogP contribution in [0, 0.1) is 12.8 Å². The number of sulfonamides is 1. The molecule has 1 aromatic rings. The van der Waals surface area contributed by atoms with E-state index in [0.29, 0.717) is 31.6 Å². The molecule has 0 radical (unpaired) electrons. The quantitative estimate of drug-likeness (QED) is 0.852. The van der Waals surface area contributed by atoms with E-state index < -0.39 is 10.0 Å². The van der Waals surface area contributed by atoms with Gasteiger partial charge in [0.15, 0.2) is 0 Å². The van der Waals surface area contributed by atoms with E-state index in [1.807, 2.05) is 13.8 Å². The number of nitrogens with zero attached hydrogens (tertiary/aromatic N) is 2. The first-order valence-corrected chi connectivity index (χ1v) is 8.57. The summed E-state index contributed by atoms with van der Waals surface area (Å²) in [7, 11) is -3.49. The molecule has 1 saturated heterocycles. The summed E-state index contributed by atoms with van der Waals surface area (Å²) < 4.78 is 26.4. The van der Waals surface area contributed by atoms with Crippen LogP contribution in [0.3, 0.4) is 0 Å². The third kappa shape index (κ3) is 3.44. The van der Waals surface area contributed by atoms with E-state index in [1.54, 1.807) is 6.92 Å². The van der Waals surface area contributed by atoms with Gasteiger partial charge in [-0.3, -0.25) is 9.89 Å². The van der Waals surface area contributed by atoms with Crippen molar-refractivity contribution in [2.45, 2.75) is 44.6 Å². The second-order valence-corrected chi connectivity index (χ2v) is 7.61. The number of piperidine rings is 1. The fourth-order valence-corrected chi connectivity index (χ4v) is 3.94. The first kappa shape index (κ1) is 16.0. The Hall–Kier alpha value is -1.41. The molecule has 0 aliphatic carbocycles. The summed E-state index contributed by atoms with van der Waals surface area (Å²) in [5.74, 6) is -0.0395. The molecule has 2 rings (SSSR count). The monoisotopic (exact) mass is 314 g/mol. The molecule has 7 nitrogen and oxygen atoms in total. The van der Waals surface area contributed by atoms with Crippen LogP contribution in [0.2, 0.25) is 0 Å². The third-order valence-corrected chi connectivity index (χ3v) is 5.74. The van der Waals surface area contributed by atoms with Crippen LogP contribution in [-0.2, 0) is 14.8 Å². The molecule has 1 aromatic heterocycles. The second kappa shape index (κ2) is 6.15. The molecule has 118 valence electrons. The zero-order chi connectivity index (χ0) is 15.6. The number of aromatic nitrogens is 2. The van der Waals surface area contributed by atoms with Gasteiger partial charge in [-0.1, -0.05) is 13.8 Å². The standard InChI is InChI=1S/C13H22N4O3S/c1-9(2)13(18)15-11-4-6-17(7-5-11)21(19,20)12-8-14-16-10(12)3/h8-9,11H,4-7H2,1-3H3,(H,14,16)(H,15,18). The minimum absolute atomic E-state index is 0.0157. The second-order valence-electron chi connectivity index (χ2n) is 5.70. The molecule has 0 atom stereocenters. The molecular weight excluding hydrogens is 292 g/mol. The van der Waals surface area contributed by atoms with Gasteiger partial charge in [-0.2, -0.15) is 9.40 Å². The molecule has 0 unspecified atom stereocenters. The van der Waals surface area contributed by atoms with Crippen molar-refractivity contribution in [1.29, 1.82) is 0 Å². The van der Waals surface area contributed by atoms with E-state index in [0.717, 1.165) is 0 Å². The average Bonchev–Trinajstić information content (AvgIpc) is 2.86. The SMILES string of the molecule is Cc1[nH]ncc1S(=O)(=O)N1CCC(NC(=O)C(C)C)CC1. The normalized spacial score (nSPS) is 18.1. The predicted octanol–water partition coefficient (Wildman–Crippen LogP) is 0.643. The number of aryl methyl sites for hydroxylation is 1. The Morgan fingerprint density at radius 3 is 2.52 bits per heavy atom. The molecule has 0 aromatic carbocycles. The van der Waals surface area contributed by atoms with E-state index in [2.05, 4.69) is 15.5 Å². The largest absolute Gasteiger partial charge is 0.353 e. The highest BCUT2D eigenvalue weighted by Gasteiger charge is 2.31. The number of nitrogens with one attached hydrogen (secondary N) is 2. The first-order valence-electron chi connectivity index (χ1n) is 7.13. The van der Waals surface area contributed by atoms with Gasteiger partial charge in [-0.15, -0.1) is 0 Å². The van der Waals surface area contributed by atoms with Crippen molar-refractivity contribution in [2.75, 3.05) is 13.1 Å². The van der Waals surface area contributed by atoms with Gasteiger partial charge in [0.25, 0.3) is 0 Å². The molecule has 0 saturated carbocycles. The van der Waals surface area contributed by atoms with Crippen molar-refractivity contribution in [3.05, 3.63) is 11.9 Å². The molecule has 2 N–H and O–H groups in total. The van der Waals surface area contributed by atoms with Crippen LogP contribution < -0.4 is 5.32 Å². The van der Waals surface area contributed by atoms with Crippen LogP contribution in [0.25, 0.3) is 0 Å². The lowest BCUT2D eigenvalue weighted by Crippen LogP contribution is -2.47. The van der Waals surface area contributed by atoms with Gasteiger partial charge in [0.05, 0.1) is 11.9 Å². The number of H-pyrrole nitrogens is 1. The molecule has 21 heavy (non-hydrogen) atoms. The van der Waals surface area contributed by atoms with Crippen LogP contribution in [0.4, 0.5) is 0 Å². The van der Waals surface area contributed by atoms with E-state index in [4.69, 9.17) is 0 Å². The molecule has 1 amide bonds. The maximum absolute atomic E-state index is 12.5. The van der Waals surface area contributed by atoms with Crippen molar-refractivity contribution in [1.82, 2.24) is 19.8 Å². The lowest BCUT2D eigenvalue weighted by Gasteiger charge is -2.31. The van der Waals surface area contributed by atoms with Gasteiger partial charge >= 0.3 is 0 Å². The lowest BCUT2D eigenvalue weighted by atomic mass is 10.1. The van der Waals surface area contributed by atoms with Gasteiger partial charge in [0.2, 0.25) is 15.9 Å². The Labute approximate surface area is 125 Å². The average molecular weight is 314 g/mol. The number of hydrogen-bond donors (Lipinski definition) is 2. The summed E-state index contributed by atoms with van der Waals surface area (Å²) in [6.07, 6.45) is 2.61. The van der Waals surface area contributed by atoms with Crippen LogP contribution in [0.5, 0.6) is 0 Å². The molecule has 8 heteroatoms. The van der Waals surface area contributed by atoms with Gasteiger partial charge in [-0.05, 0) is 19.8 Å². The summed E-state index contributed by atoms with van der Waals surface area (Å²) in [5.41, 5.74) is 0.547. The molecule has 0 spiro atoms. The number of rotatable bonds is 4. The zero-order valence-corrected chi connectivity index (χ0v) is 13.4. The van der Waals surface area contributed by atoms with Crippen molar-refractivity contribution in [3.63, 3.8) is 0 Å². The fourth-order valence-electron chi connectivity index (χ4n) is 2.35. The van der Waals surface area contributed by atoms with Gasteiger partial charge in [0.1, 0.15) is 4.90 Å². The fraction of sp³-hybridized carbons (Fsp3) is 0.692. The van der Waals surface area contributed by atoms with Crippen LogP contribution in [0.15, 0.2) is 11.1 Å². The first-order chi connectivity index (χ1) is 9.82. The van der Waals surface area contributed by atoms with E-state index >= 15 is 0 Å². The molecule has 0 bridgehead atoms. The van der Waals surface area contributed by atoms with Crippen LogP contribution in [0.1, 0.15) is 32.4 Å². The predicted molar refractivity (Wildman–Crippen MR) is 78.1 cm³/mol. The zero-order valence-electron chi connectivity index (χ0n) is 12.6. The Morgan fingerprint density at radius 2 is 2.05 bits per heavy atom. The number of aromatic amines is 1. The van der Waals surface area contributed by atoms with Crippen LogP contribution in [-0.4, -0.2) is 48.0 Å². The summed E-state index contributed by atoms with van der Waals surface area (Å²) in [4.78, 5) is 11.9. The molecular formula is C13H22N4O3S. The van der Waals surface area contributed by atoms with Gasteiger partial charge in [0, 0.05) is 25.0 Å². The maximum Gasteiger partial charge on any atom is 0.246 e. The Balaban J connectivity index is 1.98. The van der Waals surface area contributed by atoms with Crippen molar-refractivity contribution < 1.29 is 13.2 Å². The Morgan fingerprint density at radius 1 is 1.43 bits per heavy atom. The number of amides is 1. The molecule has 1 aliphatic heterocycles. The van der Waals surface area contributed by atoms with Crippen molar-refractivity contribution in [2.24, 2.45) is 5.92 Å². The highest BCUT2D eigenvalue weighted by molar-refractivity contribution is 7.89. The minimum Gasteiger partial charge on any atom is -0.353 e. The summed E-state index contributed by atoms with van der Waals surface area (Å²) in [5, 5.41) is 9.37. The highest BCUT2D eigenvalue weighted by Crippen LogP contribution is 2.22. The van der Waals surface area contributed by atoms with Gasteiger partial charge in [-0.25, -0.2) is 8.42 Å². The molecule has 2 heterocycles. The summed E-state index contributed by atoms with van der Waals surface area (Å²) in [6.45, 7) is 6.20. The molecule has 1 fully saturated rings. The topological polar surface area (TPSA) is 95.2 Å². The lowest BCUT2D eigenvalue weighted by molar-refractivity contribution is -0.124. The van der Waals surface area contributed by atoms with Gasteiger partial charge < -0.3 is 5.32 Å². The van der Waals surface area contributed by atoms with Crippen molar-refractivity contribution >= 4 is 15.9 Å². The van der Waals surface area contributed by atoms with E-state index in [-0.39, 0.29) is 22.8 Å². The third-order valence-electron chi connectivity index (χ3n) is 3.73.